The first-order valence-corrected chi connectivity index (χ1v) is 6.04. The molecule has 20 heavy (non-hydrogen) atoms. The number of carbonyl (C=O) groups excluding carboxylic acids is 1. The molecule has 0 bridgehead atoms. The van der Waals surface area contributed by atoms with Crippen molar-refractivity contribution >= 4 is 6.09 Å². The molecule has 0 aliphatic heterocycles. The first-order valence-electron chi connectivity index (χ1n) is 6.04. The minimum atomic E-state index is -1.36. The van der Waals surface area contributed by atoms with E-state index in [2.05, 4.69) is 10.0 Å². The van der Waals surface area contributed by atoms with Gasteiger partial charge in [-0.1, -0.05) is 5.11 Å². The summed E-state index contributed by atoms with van der Waals surface area (Å²) in [7, 11) is 0. The van der Waals surface area contributed by atoms with E-state index >= 15 is 0 Å². The zero-order valence-electron chi connectivity index (χ0n) is 11.6. The number of hydrogen-bond acceptors (Lipinski definition) is 5. The minimum Gasteiger partial charge on any atom is -0.443 e. The van der Waals surface area contributed by atoms with E-state index in [-0.39, 0.29) is 12.2 Å². The second kappa shape index (κ2) is 6.42. The highest BCUT2D eigenvalue weighted by atomic mass is 16.6. The first-order chi connectivity index (χ1) is 9.26. The predicted molar refractivity (Wildman–Crippen MR) is 71.0 cm³/mol. The van der Waals surface area contributed by atoms with Crippen molar-refractivity contribution in [2.24, 2.45) is 5.11 Å². The van der Waals surface area contributed by atoms with Gasteiger partial charge < -0.3 is 14.9 Å². The molecule has 8 heteroatoms. The number of nitrogens with zero attached hydrogens (tertiary/aromatic N) is 4. The Kier molecular flexibility index (Phi) is 5.15. The second-order valence-electron chi connectivity index (χ2n) is 5.21. The molecule has 110 valence electrons. The van der Waals surface area contributed by atoms with Gasteiger partial charge in [-0.2, -0.15) is 0 Å². The lowest BCUT2D eigenvalue weighted by Gasteiger charge is -2.22. The maximum atomic E-state index is 11.9. The van der Waals surface area contributed by atoms with Gasteiger partial charge >= 0.3 is 6.09 Å². The van der Waals surface area contributed by atoms with Crippen molar-refractivity contribution in [1.82, 2.24) is 4.57 Å². The third kappa shape index (κ3) is 4.27. The SMILES string of the molecule is CC(C)(C)OC(=O)n1cccc1C(O)C(O)CN=[N+]=[N-]. The van der Waals surface area contributed by atoms with E-state index in [4.69, 9.17) is 10.3 Å². The Labute approximate surface area is 116 Å². The third-order valence-electron chi connectivity index (χ3n) is 2.37. The highest BCUT2D eigenvalue weighted by Gasteiger charge is 2.25. The molecule has 0 radical (unpaired) electrons. The maximum Gasteiger partial charge on any atom is 0.418 e. The third-order valence-corrected chi connectivity index (χ3v) is 2.37. The van der Waals surface area contributed by atoms with Crippen LogP contribution < -0.4 is 0 Å². The van der Waals surface area contributed by atoms with Crippen molar-refractivity contribution < 1.29 is 19.7 Å². The Morgan fingerprint density at radius 3 is 2.75 bits per heavy atom. The molecule has 0 aliphatic carbocycles. The van der Waals surface area contributed by atoms with E-state index in [1.807, 2.05) is 0 Å². The van der Waals surface area contributed by atoms with Crippen molar-refractivity contribution in [2.45, 2.75) is 38.6 Å². The molecule has 0 saturated carbocycles. The molecule has 1 aromatic rings. The van der Waals surface area contributed by atoms with Gasteiger partial charge in [-0.3, -0.25) is 4.57 Å². The van der Waals surface area contributed by atoms with E-state index in [0.717, 1.165) is 4.57 Å². The number of aliphatic hydroxyl groups excluding tert-OH is 2. The van der Waals surface area contributed by atoms with Crippen LogP contribution in [0.25, 0.3) is 10.4 Å². The molecule has 0 spiro atoms. The van der Waals surface area contributed by atoms with Gasteiger partial charge in [0, 0.05) is 11.1 Å². The van der Waals surface area contributed by atoms with Crippen molar-refractivity contribution in [3.05, 3.63) is 34.5 Å². The fourth-order valence-corrected chi connectivity index (χ4v) is 1.53. The molecule has 1 aromatic heterocycles. The van der Waals surface area contributed by atoms with E-state index < -0.39 is 23.9 Å². The lowest BCUT2D eigenvalue weighted by Crippen LogP contribution is -2.30. The summed E-state index contributed by atoms with van der Waals surface area (Å²) in [6.45, 7) is 4.88. The summed E-state index contributed by atoms with van der Waals surface area (Å²) in [4.78, 5) is 14.5. The smallest absolute Gasteiger partial charge is 0.418 e. The number of hydrogen-bond donors (Lipinski definition) is 2. The molecule has 1 heterocycles. The highest BCUT2D eigenvalue weighted by Crippen LogP contribution is 2.20. The number of aliphatic hydroxyl groups is 2. The second-order valence-corrected chi connectivity index (χ2v) is 5.21. The lowest BCUT2D eigenvalue weighted by atomic mass is 10.1. The summed E-state index contributed by atoms with van der Waals surface area (Å²) in [5.41, 5.74) is 7.68. The van der Waals surface area contributed by atoms with E-state index in [1.165, 1.54) is 12.3 Å². The zero-order valence-corrected chi connectivity index (χ0v) is 11.6. The Morgan fingerprint density at radius 2 is 2.20 bits per heavy atom. The molecule has 0 amide bonds. The normalized spacial score (nSPS) is 14.2. The Bertz CT molecular complexity index is 514. The van der Waals surface area contributed by atoms with Crippen LogP contribution in [0.2, 0.25) is 0 Å². The fourth-order valence-electron chi connectivity index (χ4n) is 1.53. The molecule has 2 N–H and O–H groups in total. The molecule has 0 aromatic carbocycles. The molecule has 0 saturated heterocycles. The van der Waals surface area contributed by atoms with E-state index in [9.17, 15) is 15.0 Å². The van der Waals surface area contributed by atoms with E-state index in [1.54, 1.807) is 26.8 Å². The van der Waals surface area contributed by atoms with Crippen LogP contribution in [0.1, 0.15) is 32.6 Å². The van der Waals surface area contributed by atoms with Crippen LogP contribution in [0.4, 0.5) is 4.79 Å². The van der Waals surface area contributed by atoms with Crippen molar-refractivity contribution in [1.29, 1.82) is 0 Å². The van der Waals surface area contributed by atoms with Crippen LogP contribution >= 0.6 is 0 Å². The number of rotatable bonds is 4. The van der Waals surface area contributed by atoms with Crippen molar-refractivity contribution in [3.63, 3.8) is 0 Å². The summed E-state index contributed by atoms with van der Waals surface area (Å²) >= 11 is 0. The van der Waals surface area contributed by atoms with Gasteiger partial charge in [0.15, 0.2) is 0 Å². The van der Waals surface area contributed by atoms with Gasteiger partial charge in [-0.05, 0) is 38.4 Å². The molecule has 0 aliphatic rings. The Morgan fingerprint density at radius 1 is 1.55 bits per heavy atom. The van der Waals surface area contributed by atoms with Gasteiger partial charge in [-0.25, -0.2) is 4.79 Å². The van der Waals surface area contributed by atoms with Gasteiger partial charge in [-0.15, -0.1) is 0 Å². The first kappa shape index (κ1) is 16.0. The van der Waals surface area contributed by atoms with Crippen LogP contribution in [0, 0.1) is 0 Å². The quantitative estimate of drug-likeness (QED) is 0.498. The van der Waals surface area contributed by atoms with E-state index in [0.29, 0.717) is 0 Å². The van der Waals surface area contributed by atoms with Gasteiger partial charge in [0.2, 0.25) is 0 Å². The number of azide groups is 1. The van der Waals surface area contributed by atoms with Gasteiger partial charge in [0.05, 0.1) is 18.3 Å². The Hall–Kier alpha value is -2.02. The number of aromatic nitrogens is 1. The summed E-state index contributed by atoms with van der Waals surface area (Å²) in [5.74, 6) is 0. The zero-order chi connectivity index (χ0) is 15.3. The number of ether oxygens (including phenoxy) is 1. The molecule has 1 rings (SSSR count). The summed E-state index contributed by atoms with van der Waals surface area (Å²) in [5, 5.41) is 22.8. The van der Waals surface area contributed by atoms with Crippen LogP contribution in [-0.4, -0.2) is 39.1 Å². The van der Waals surface area contributed by atoms with Crippen LogP contribution in [0.15, 0.2) is 23.4 Å². The summed E-state index contributed by atoms with van der Waals surface area (Å²) in [6.07, 6.45) is -1.90. The largest absolute Gasteiger partial charge is 0.443 e. The molecular formula is C12H18N4O4. The van der Waals surface area contributed by atoms with Gasteiger partial charge in [0.25, 0.3) is 0 Å². The molecule has 2 unspecified atom stereocenters. The number of carbonyl (C=O) groups is 1. The van der Waals surface area contributed by atoms with Gasteiger partial charge in [0.1, 0.15) is 11.7 Å². The average Bonchev–Trinajstić information content (AvgIpc) is 2.82. The van der Waals surface area contributed by atoms with Crippen LogP contribution in [0.3, 0.4) is 0 Å². The maximum absolute atomic E-state index is 11.9. The summed E-state index contributed by atoms with van der Waals surface area (Å²) < 4.78 is 6.29. The van der Waals surface area contributed by atoms with Crippen LogP contribution in [-0.2, 0) is 4.74 Å². The van der Waals surface area contributed by atoms with Crippen molar-refractivity contribution in [2.75, 3.05) is 6.54 Å². The molecule has 2 atom stereocenters. The molecule has 8 nitrogen and oxygen atoms in total. The molecular weight excluding hydrogens is 264 g/mol. The predicted octanol–water partition coefficient (Wildman–Crippen LogP) is 1.98. The average molecular weight is 282 g/mol. The van der Waals surface area contributed by atoms with Crippen molar-refractivity contribution in [3.8, 4) is 0 Å². The van der Waals surface area contributed by atoms with Crippen LogP contribution in [0.5, 0.6) is 0 Å². The molecule has 0 fully saturated rings. The fraction of sp³-hybridized carbons (Fsp3) is 0.583. The standard InChI is InChI=1S/C12H18N4O4/c1-12(2,3)20-11(19)16-6-4-5-8(16)10(18)9(17)7-14-15-13/h4-6,9-10,17-18H,7H2,1-3H3. The Balaban J connectivity index is 2.90. The highest BCUT2D eigenvalue weighted by molar-refractivity contribution is 5.72. The summed E-state index contributed by atoms with van der Waals surface area (Å²) in [6, 6.07) is 3.02. The topological polar surface area (TPSA) is 120 Å². The monoisotopic (exact) mass is 282 g/mol. The minimum absolute atomic E-state index is 0.167. The lowest BCUT2D eigenvalue weighted by molar-refractivity contribution is 0.0166.